The van der Waals surface area contributed by atoms with E-state index in [1.165, 1.54) is 0 Å². The zero-order valence-corrected chi connectivity index (χ0v) is 14.7. The maximum atomic E-state index is 12.5. The van der Waals surface area contributed by atoms with Crippen molar-refractivity contribution < 1.29 is 8.42 Å². The fourth-order valence-electron chi connectivity index (χ4n) is 2.46. The molecule has 0 fully saturated rings. The Morgan fingerprint density at radius 1 is 1.04 bits per heavy atom. The number of H-pyrrole nitrogens is 1. The van der Waals surface area contributed by atoms with Crippen molar-refractivity contribution in [2.45, 2.75) is 23.5 Å². The molecular formula is C18H17ClN2O2S. The Balaban J connectivity index is 1.85. The van der Waals surface area contributed by atoms with Crippen molar-refractivity contribution in [3.8, 4) is 11.4 Å². The van der Waals surface area contributed by atoms with Gasteiger partial charge in [0.1, 0.15) is 5.82 Å². The zero-order valence-electron chi connectivity index (χ0n) is 13.2. The summed E-state index contributed by atoms with van der Waals surface area (Å²) in [4.78, 5) is 7.89. The fourth-order valence-corrected chi connectivity index (χ4v) is 4.07. The molecule has 0 bridgehead atoms. The molecule has 0 aliphatic heterocycles. The van der Waals surface area contributed by atoms with Crippen LogP contribution in [-0.4, -0.2) is 18.4 Å². The van der Waals surface area contributed by atoms with Gasteiger partial charge in [-0.3, -0.25) is 0 Å². The van der Waals surface area contributed by atoms with E-state index in [4.69, 9.17) is 11.6 Å². The lowest BCUT2D eigenvalue weighted by molar-refractivity contribution is 0.595. The molecule has 1 heterocycles. The average molecular weight is 361 g/mol. The molecule has 2 aromatic carbocycles. The topological polar surface area (TPSA) is 62.8 Å². The molecule has 0 unspecified atom stereocenters. The molecule has 1 N–H and O–H groups in total. The number of hydrogen-bond donors (Lipinski definition) is 1. The third-order valence-corrected chi connectivity index (χ3v) is 5.76. The van der Waals surface area contributed by atoms with E-state index in [2.05, 4.69) is 9.97 Å². The molecule has 0 aliphatic carbocycles. The van der Waals surface area contributed by atoms with Gasteiger partial charge in [-0.05, 0) is 36.8 Å². The van der Waals surface area contributed by atoms with Gasteiger partial charge in [0, 0.05) is 11.3 Å². The second kappa shape index (κ2) is 6.79. The molecule has 24 heavy (non-hydrogen) atoms. The normalized spacial score (nSPS) is 11.6. The van der Waals surface area contributed by atoms with Gasteiger partial charge >= 0.3 is 0 Å². The third-order valence-electron chi connectivity index (χ3n) is 3.80. The minimum atomic E-state index is -3.37. The van der Waals surface area contributed by atoms with E-state index in [1.54, 1.807) is 24.3 Å². The molecule has 0 spiro atoms. The Morgan fingerprint density at radius 3 is 2.29 bits per heavy atom. The Kier molecular flexibility index (Phi) is 4.73. The summed E-state index contributed by atoms with van der Waals surface area (Å²) in [7, 11) is -3.37. The Bertz CT molecular complexity index is 933. The highest BCUT2D eigenvalue weighted by atomic mass is 35.5. The molecule has 6 heteroatoms. The number of alkyl halides is 1. The summed E-state index contributed by atoms with van der Waals surface area (Å²) in [5.74, 6) is 1.02. The summed E-state index contributed by atoms with van der Waals surface area (Å²) >= 11 is 5.83. The number of aryl methyl sites for hydroxylation is 1. The molecule has 124 valence electrons. The number of halogens is 1. The maximum absolute atomic E-state index is 12.5. The van der Waals surface area contributed by atoms with Crippen LogP contribution in [0.25, 0.3) is 11.4 Å². The van der Waals surface area contributed by atoms with Crippen LogP contribution >= 0.6 is 11.6 Å². The summed E-state index contributed by atoms with van der Waals surface area (Å²) in [5, 5.41) is 0. The van der Waals surface area contributed by atoms with Crippen molar-refractivity contribution in [3.63, 3.8) is 0 Å². The highest BCUT2D eigenvalue weighted by molar-refractivity contribution is 7.90. The van der Waals surface area contributed by atoms with Crippen LogP contribution in [0.3, 0.4) is 0 Å². The lowest BCUT2D eigenvalue weighted by Gasteiger charge is -2.05. The van der Waals surface area contributed by atoms with Crippen molar-refractivity contribution in [1.82, 2.24) is 9.97 Å². The molecule has 1 aromatic heterocycles. The second-order valence-electron chi connectivity index (χ2n) is 5.56. The van der Waals surface area contributed by atoms with Gasteiger partial charge < -0.3 is 4.98 Å². The van der Waals surface area contributed by atoms with Crippen LogP contribution in [-0.2, 0) is 21.5 Å². The molecule has 3 rings (SSSR count). The maximum Gasteiger partial charge on any atom is 0.182 e. The first-order chi connectivity index (χ1) is 11.5. The average Bonchev–Trinajstić information content (AvgIpc) is 2.96. The fraction of sp³-hybridized carbons (Fsp3) is 0.167. The van der Waals surface area contributed by atoms with Gasteiger partial charge in [0.25, 0.3) is 0 Å². The minimum Gasteiger partial charge on any atom is -0.342 e. The molecule has 0 amide bonds. The van der Waals surface area contributed by atoms with Gasteiger partial charge in [0.15, 0.2) is 9.84 Å². The highest BCUT2D eigenvalue weighted by Crippen LogP contribution is 2.23. The number of nitrogens with one attached hydrogen (secondary N) is 1. The van der Waals surface area contributed by atoms with Crippen LogP contribution in [0.5, 0.6) is 0 Å². The highest BCUT2D eigenvalue weighted by Gasteiger charge is 2.16. The van der Waals surface area contributed by atoms with Crippen LogP contribution in [0.1, 0.15) is 17.0 Å². The van der Waals surface area contributed by atoms with Crippen LogP contribution < -0.4 is 0 Å². The quantitative estimate of drug-likeness (QED) is 0.697. The zero-order chi connectivity index (χ0) is 17.2. The molecule has 0 radical (unpaired) electrons. The first kappa shape index (κ1) is 16.7. The van der Waals surface area contributed by atoms with E-state index < -0.39 is 9.84 Å². The number of aromatic amines is 1. The first-order valence-corrected chi connectivity index (χ1v) is 9.67. The summed E-state index contributed by atoms with van der Waals surface area (Å²) in [6.45, 7) is 1.91. The lowest BCUT2D eigenvalue weighted by atomic mass is 10.2. The number of benzene rings is 2. The van der Waals surface area contributed by atoms with E-state index in [0.717, 1.165) is 22.5 Å². The Hall–Kier alpha value is -2.11. The second-order valence-corrected chi connectivity index (χ2v) is 7.82. The smallest absolute Gasteiger partial charge is 0.182 e. The number of nitrogens with zero attached hydrogens (tertiary/aromatic N) is 1. The first-order valence-electron chi connectivity index (χ1n) is 7.48. The van der Waals surface area contributed by atoms with Crippen LogP contribution in [0.4, 0.5) is 0 Å². The standard InChI is InChI=1S/C18H17ClN2O2S/c1-13-17(11-19)21-18(20-13)15-7-9-16(10-8-15)24(22,23)12-14-5-3-2-4-6-14/h2-10H,11-12H2,1H3,(H,20,21). The third kappa shape index (κ3) is 3.52. The van der Waals surface area contributed by atoms with Crippen LogP contribution in [0, 0.1) is 6.92 Å². The predicted octanol–water partition coefficient (Wildman–Crippen LogP) is 4.10. The molecule has 3 aromatic rings. The van der Waals surface area contributed by atoms with Crippen molar-refractivity contribution in [1.29, 1.82) is 0 Å². The van der Waals surface area contributed by atoms with E-state index >= 15 is 0 Å². The van der Waals surface area contributed by atoms with Gasteiger partial charge in [0.2, 0.25) is 0 Å². The monoisotopic (exact) mass is 360 g/mol. The molecule has 0 atom stereocenters. The number of aromatic nitrogens is 2. The number of sulfone groups is 1. The summed E-state index contributed by atoms with van der Waals surface area (Å²) in [6, 6.07) is 15.9. The number of hydrogen-bond acceptors (Lipinski definition) is 3. The van der Waals surface area contributed by atoms with Gasteiger partial charge in [-0.2, -0.15) is 0 Å². The summed E-state index contributed by atoms with van der Waals surface area (Å²) < 4.78 is 25.0. The summed E-state index contributed by atoms with van der Waals surface area (Å²) in [6.07, 6.45) is 0. The minimum absolute atomic E-state index is 0.0105. The van der Waals surface area contributed by atoms with Gasteiger partial charge in [-0.15, -0.1) is 11.6 Å². The molecule has 0 saturated heterocycles. The number of rotatable bonds is 5. The largest absolute Gasteiger partial charge is 0.342 e. The van der Waals surface area contributed by atoms with Crippen LogP contribution in [0.15, 0.2) is 59.5 Å². The molecular weight excluding hydrogens is 344 g/mol. The van der Waals surface area contributed by atoms with Gasteiger partial charge in [-0.25, -0.2) is 13.4 Å². The van der Waals surface area contributed by atoms with Crippen molar-refractivity contribution in [2.75, 3.05) is 0 Å². The molecule has 4 nitrogen and oxygen atoms in total. The van der Waals surface area contributed by atoms with E-state index in [1.807, 2.05) is 37.3 Å². The van der Waals surface area contributed by atoms with Crippen LogP contribution in [0.2, 0.25) is 0 Å². The van der Waals surface area contributed by atoms with Crippen molar-refractivity contribution >= 4 is 21.4 Å². The SMILES string of the molecule is Cc1[nH]c(-c2ccc(S(=O)(=O)Cc3ccccc3)cc2)nc1CCl. The summed E-state index contributed by atoms with van der Waals surface area (Å²) in [5.41, 5.74) is 3.32. The molecule has 0 aliphatic rings. The molecule has 0 saturated carbocycles. The van der Waals surface area contributed by atoms with E-state index in [0.29, 0.717) is 16.6 Å². The number of imidazole rings is 1. The van der Waals surface area contributed by atoms with Crippen molar-refractivity contribution in [3.05, 3.63) is 71.5 Å². The van der Waals surface area contributed by atoms with E-state index in [-0.39, 0.29) is 5.75 Å². The Morgan fingerprint density at radius 2 is 1.71 bits per heavy atom. The van der Waals surface area contributed by atoms with Gasteiger partial charge in [-0.1, -0.05) is 30.3 Å². The van der Waals surface area contributed by atoms with Gasteiger partial charge in [0.05, 0.1) is 22.2 Å². The Labute approximate surface area is 146 Å². The lowest BCUT2D eigenvalue weighted by Crippen LogP contribution is -2.04. The predicted molar refractivity (Wildman–Crippen MR) is 95.6 cm³/mol. The van der Waals surface area contributed by atoms with Crippen molar-refractivity contribution in [2.24, 2.45) is 0 Å². The van der Waals surface area contributed by atoms with E-state index in [9.17, 15) is 8.42 Å².